The van der Waals surface area contributed by atoms with Gasteiger partial charge in [-0.25, -0.2) is 0 Å². The summed E-state index contributed by atoms with van der Waals surface area (Å²) < 4.78 is 6.15. The van der Waals surface area contributed by atoms with Crippen molar-refractivity contribution in [1.82, 2.24) is 0 Å². The van der Waals surface area contributed by atoms with Gasteiger partial charge in [-0.2, -0.15) is 0 Å². The Kier molecular flexibility index (Phi) is 2.93. The second-order valence-corrected chi connectivity index (χ2v) is 2.88. The van der Waals surface area contributed by atoms with Gasteiger partial charge in [-0.3, -0.25) is 0 Å². The van der Waals surface area contributed by atoms with Crippen LogP contribution in [0.2, 0.25) is 0 Å². The molecule has 1 unspecified atom stereocenters. The lowest BCUT2D eigenvalue weighted by atomic mass is 10.5. The number of likely N-dealkylation sites (N-methyl/N-ethyl adjacent to an activating group) is 1. The minimum absolute atomic E-state index is 0. The first-order valence-corrected chi connectivity index (χ1v) is 3.11. The van der Waals surface area contributed by atoms with Gasteiger partial charge >= 0.3 is 0 Å². The van der Waals surface area contributed by atoms with Crippen LogP contribution >= 0.6 is 0 Å². The van der Waals surface area contributed by atoms with E-state index in [4.69, 9.17) is 4.74 Å². The van der Waals surface area contributed by atoms with Crippen molar-refractivity contribution < 1.29 is 21.6 Å². The fraction of sp³-hybridized carbons (Fsp3) is 1.00. The molecule has 0 aliphatic carbocycles. The molecule has 1 saturated heterocycles. The monoisotopic (exact) mass is 151 g/mol. The first-order chi connectivity index (χ1) is 3.67. The second kappa shape index (κ2) is 2.86. The van der Waals surface area contributed by atoms with E-state index in [2.05, 4.69) is 21.0 Å². The molecule has 0 radical (unpaired) electrons. The van der Waals surface area contributed by atoms with Crippen LogP contribution < -0.4 is 12.4 Å². The van der Waals surface area contributed by atoms with Crippen molar-refractivity contribution in [3.05, 3.63) is 0 Å². The van der Waals surface area contributed by atoms with Crippen LogP contribution in [0.5, 0.6) is 0 Å². The van der Waals surface area contributed by atoms with Gasteiger partial charge in [0.25, 0.3) is 0 Å². The highest BCUT2D eigenvalue weighted by molar-refractivity contribution is 4.55. The summed E-state index contributed by atoms with van der Waals surface area (Å²) >= 11 is 0. The number of halogens is 1. The Balaban J connectivity index is 0.000000640. The van der Waals surface area contributed by atoms with Gasteiger partial charge in [0.2, 0.25) is 6.23 Å². The lowest BCUT2D eigenvalue weighted by molar-refractivity contribution is -0.908. The SMILES string of the molecule is CC[N+](C)(C)C1CO1.[Cl-]. The van der Waals surface area contributed by atoms with Crippen LogP contribution in [0.1, 0.15) is 6.92 Å². The van der Waals surface area contributed by atoms with Crippen LogP contribution in [-0.4, -0.2) is 38.0 Å². The summed E-state index contributed by atoms with van der Waals surface area (Å²) in [5, 5.41) is 0. The van der Waals surface area contributed by atoms with Gasteiger partial charge in [-0.15, -0.1) is 0 Å². The van der Waals surface area contributed by atoms with Crippen LogP contribution in [0.15, 0.2) is 0 Å². The Morgan fingerprint density at radius 1 is 1.56 bits per heavy atom. The molecule has 1 aliphatic rings. The minimum atomic E-state index is 0. The summed E-state index contributed by atoms with van der Waals surface area (Å²) in [6.07, 6.45) is 0.500. The average Bonchev–Trinajstić information content (AvgIpc) is 2.44. The van der Waals surface area contributed by atoms with E-state index in [0.29, 0.717) is 6.23 Å². The van der Waals surface area contributed by atoms with Gasteiger partial charge in [0.1, 0.15) is 6.61 Å². The van der Waals surface area contributed by atoms with Crippen LogP contribution in [0.4, 0.5) is 0 Å². The predicted octanol–water partition coefficient (Wildman–Crippen LogP) is -2.56. The van der Waals surface area contributed by atoms with E-state index >= 15 is 0 Å². The number of quaternary nitrogens is 1. The highest BCUT2D eigenvalue weighted by Crippen LogP contribution is 2.18. The van der Waals surface area contributed by atoms with Crippen LogP contribution in [-0.2, 0) is 4.74 Å². The van der Waals surface area contributed by atoms with Crippen molar-refractivity contribution in [2.45, 2.75) is 13.2 Å². The number of hydrogen-bond acceptors (Lipinski definition) is 1. The molecular formula is C6H14ClNO. The van der Waals surface area contributed by atoms with E-state index in [-0.39, 0.29) is 12.4 Å². The largest absolute Gasteiger partial charge is 1.00 e. The summed E-state index contributed by atoms with van der Waals surface area (Å²) in [6, 6.07) is 0. The average molecular weight is 152 g/mol. The molecule has 1 heterocycles. The molecule has 2 nitrogen and oxygen atoms in total. The molecule has 0 saturated carbocycles. The Labute approximate surface area is 62.8 Å². The fourth-order valence-corrected chi connectivity index (χ4v) is 0.650. The van der Waals surface area contributed by atoms with Gasteiger partial charge in [-0.05, 0) is 6.92 Å². The van der Waals surface area contributed by atoms with Crippen molar-refractivity contribution >= 4 is 0 Å². The Morgan fingerprint density at radius 2 is 2.00 bits per heavy atom. The number of nitrogens with zero attached hydrogens (tertiary/aromatic N) is 1. The maximum absolute atomic E-state index is 5.14. The third-order valence-corrected chi connectivity index (χ3v) is 1.91. The molecule has 0 aromatic carbocycles. The van der Waals surface area contributed by atoms with Crippen molar-refractivity contribution in [3.63, 3.8) is 0 Å². The van der Waals surface area contributed by atoms with E-state index in [1.165, 1.54) is 0 Å². The molecule has 3 heteroatoms. The molecule has 0 aromatic heterocycles. The molecule has 1 atom stereocenters. The zero-order chi connectivity index (χ0) is 6.20. The molecule has 0 spiro atoms. The minimum Gasteiger partial charge on any atom is -1.00 e. The number of hydrogen-bond donors (Lipinski definition) is 0. The molecule has 0 bridgehead atoms. The van der Waals surface area contributed by atoms with E-state index in [9.17, 15) is 0 Å². The second-order valence-electron chi connectivity index (χ2n) is 2.88. The van der Waals surface area contributed by atoms with E-state index in [0.717, 1.165) is 17.6 Å². The number of rotatable bonds is 2. The maximum Gasteiger partial charge on any atom is 0.217 e. The number of ether oxygens (including phenoxy) is 1. The van der Waals surface area contributed by atoms with Crippen molar-refractivity contribution in [1.29, 1.82) is 0 Å². The fourth-order valence-electron chi connectivity index (χ4n) is 0.650. The van der Waals surface area contributed by atoms with Crippen molar-refractivity contribution in [2.24, 2.45) is 0 Å². The summed E-state index contributed by atoms with van der Waals surface area (Å²) in [5.74, 6) is 0. The molecular weight excluding hydrogens is 138 g/mol. The quantitative estimate of drug-likeness (QED) is 0.313. The zero-order valence-electron chi connectivity index (χ0n) is 6.22. The van der Waals surface area contributed by atoms with Gasteiger partial charge in [0.15, 0.2) is 0 Å². The summed E-state index contributed by atoms with van der Waals surface area (Å²) in [4.78, 5) is 0. The zero-order valence-corrected chi connectivity index (χ0v) is 6.98. The van der Waals surface area contributed by atoms with E-state index in [1.54, 1.807) is 0 Å². The standard InChI is InChI=1S/C6H14NO.ClH/c1-4-7(2,3)6-5-8-6;/h6H,4-5H2,1-3H3;1H/q+1;/p-1. The maximum atomic E-state index is 5.14. The first-order valence-electron chi connectivity index (χ1n) is 3.11. The van der Waals surface area contributed by atoms with Gasteiger partial charge in [0.05, 0.1) is 20.6 Å². The number of epoxide rings is 1. The van der Waals surface area contributed by atoms with Crippen LogP contribution in [0.3, 0.4) is 0 Å². The highest BCUT2D eigenvalue weighted by Gasteiger charge is 2.38. The molecule has 56 valence electrons. The smallest absolute Gasteiger partial charge is 0.217 e. The molecule has 0 N–H and O–H groups in total. The summed E-state index contributed by atoms with van der Waals surface area (Å²) in [7, 11) is 4.38. The third-order valence-electron chi connectivity index (χ3n) is 1.91. The van der Waals surface area contributed by atoms with E-state index in [1.807, 2.05) is 0 Å². The molecule has 1 fully saturated rings. The van der Waals surface area contributed by atoms with Gasteiger partial charge in [-0.1, -0.05) is 0 Å². The Bertz CT molecular complexity index is 91.1. The summed E-state index contributed by atoms with van der Waals surface area (Å²) in [6.45, 7) is 4.30. The summed E-state index contributed by atoms with van der Waals surface area (Å²) in [5.41, 5.74) is 0. The predicted molar refractivity (Wildman–Crippen MR) is 32.4 cm³/mol. The highest BCUT2D eigenvalue weighted by atomic mass is 35.5. The lowest BCUT2D eigenvalue weighted by Gasteiger charge is -2.25. The lowest BCUT2D eigenvalue weighted by Crippen LogP contribution is -3.00. The Hall–Kier alpha value is 0.210. The molecule has 1 aliphatic heterocycles. The third kappa shape index (κ3) is 2.12. The first kappa shape index (κ1) is 9.21. The normalized spacial score (nSPS) is 25.0. The molecule has 0 amide bonds. The van der Waals surface area contributed by atoms with Gasteiger partial charge in [0, 0.05) is 0 Å². The van der Waals surface area contributed by atoms with Crippen molar-refractivity contribution in [2.75, 3.05) is 27.2 Å². The molecule has 9 heavy (non-hydrogen) atoms. The van der Waals surface area contributed by atoms with Gasteiger partial charge < -0.3 is 21.6 Å². The van der Waals surface area contributed by atoms with E-state index < -0.39 is 0 Å². The topological polar surface area (TPSA) is 12.5 Å². The molecule has 0 aromatic rings. The van der Waals surface area contributed by atoms with Crippen LogP contribution in [0, 0.1) is 0 Å². The Morgan fingerprint density at radius 3 is 2.11 bits per heavy atom. The molecule has 1 rings (SSSR count). The van der Waals surface area contributed by atoms with Crippen molar-refractivity contribution in [3.8, 4) is 0 Å². The van der Waals surface area contributed by atoms with Crippen LogP contribution in [0.25, 0.3) is 0 Å².